The minimum Gasteiger partial charge on any atom is -0.481 e. The summed E-state index contributed by atoms with van der Waals surface area (Å²) in [6.07, 6.45) is 3.20. The van der Waals surface area contributed by atoms with Gasteiger partial charge in [0.1, 0.15) is 11.4 Å². The van der Waals surface area contributed by atoms with Crippen LogP contribution in [0.15, 0.2) is 17.0 Å². The zero-order chi connectivity index (χ0) is 21.0. The van der Waals surface area contributed by atoms with Crippen LogP contribution in [0.2, 0.25) is 5.15 Å². The molecule has 2 heterocycles. The van der Waals surface area contributed by atoms with Gasteiger partial charge in [0.25, 0.3) is 0 Å². The van der Waals surface area contributed by atoms with E-state index in [2.05, 4.69) is 37.4 Å². The average molecular weight is 420 g/mol. The minimum absolute atomic E-state index is 0.0471. The maximum Gasteiger partial charge on any atom is 0.225 e. The van der Waals surface area contributed by atoms with E-state index in [1.807, 2.05) is 13.0 Å². The number of anilines is 2. The lowest BCUT2D eigenvalue weighted by molar-refractivity contribution is 0.157. The number of nitrogens with one attached hydrogen (secondary N) is 2. The number of aliphatic hydroxyl groups excluding tert-OH is 2. The lowest BCUT2D eigenvalue weighted by atomic mass is 9.98. The van der Waals surface area contributed by atoms with Crippen molar-refractivity contribution in [2.24, 2.45) is 16.8 Å². The number of nitrogens with zero attached hydrogens (tertiary/aromatic N) is 3. The van der Waals surface area contributed by atoms with E-state index in [0.717, 1.165) is 5.71 Å². The SMILES string of the molecule is CNc1nc(Cl)c(C#CC2CC=C(OC)N=C2C)c(N[C@@H]2C[C@H](CO)C[C@H]2O)n1. The molecule has 8 nitrogen and oxygen atoms in total. The Morgan fingerprint density at radius 1 is 1.34 bits per heavy atom. The number of methoxy groups -OCH3 is 1. The van der Waals surface area contributed by atoms with Gasteiger partial charge in [0.2, 0.25) is 11.8 Å². The standard InChI is InChI=1S/C20H26ClN5O3/c1-11-13(5-7-17(23-11)29-3)4-6-14-18(21)25-20(22-2)26-19(14)24-15-8-12(10-27)9-16(15)28/h7,12-13,15-16,27-28H,5,8-10H2,1-3H3,(H2,22,24,25,26)/t12-,13?,15+,16+/m0/s1. The van der Waals surface area contributed by atoms with Crippen LogP contribution in [-0.2, 0) is 4.74 Å². The van der Waals surface area contributed by atoms with Crippen LogP contribution in [0.1, 0.15) is 31.7 Å². The third kappa shape index (κ3) is 4.99. The number of hydrogen-bond acceptors (Lipinski definition) is 8. The molecule has 29 heavy (non-hydrogen) atoms. The number of allylic oxidation sites excluding steroid dienone is 1. The van der Waals surface area contributed by atoms with Gasteiger partial charge in [-0.15, -0.1) is 0 Å². The van der Waals surface area contributed by atoms with Gasteiger partial charge in [-0.1, -0.05) is 23.4 Å². The quantitative estimate of drug-likeness (QED) is 0.426. The van der Waals surface area contributed by atoms with E-state index in [-0.39, 0.29) is 29.6 Å². The van der Waals surface area contributed by atoms with Crippen molar-refractivity contribution in [1.82, 2.24) is 9.97 Å². The molecule has 3 rings (SSSR count). The Morgan fingerprint density at radius 2 is 2.14 bits per heavy atom. The molecular weight excluding hydrogens is 394 g/mol. The molecule has 1 saturated carbocycles. The van der Waals surface area contributed by atoms with Crippen LogP contribution in [0.5, 0.6) is 0 Å². The van der Waals surface area contributed by atoms with Crippen LogP contribution < -0.4 is 10.6 Å². The maximum atomic E-state index is 10.3. The second-order valence-corrected chi connectivity index (χ2v) is 7.57. The van der Waals surface area contributed by atoms with E-state index < -0.39 is 6.10 Å². The summed E-state index contributed by atoms with van der Waals surface area (Å²) in [4.78, 5) is 13.1. The van der Waals surface area contributed by atoms with Crippen molar-refractivity contribution in [1.29, 1.82) is 0 Å². The fraction of sp³-hybridized carbons (Fsp3) is 0.550. The number of aromatic nitrogens is 2. The summed E-state index contributed by atoms with van der Waals surface area (Å²) >= 11 is 6.39. The molecule has 1 aliphatic carbocycles. The predicted molar refractivity (Wildman–Crippen MR) is 113 cm³/mol. The third-order valence-electron chi connectivity index (χ3n) is 5.19. The van der Waals surface area contributed by atoms with Crippen molar-refractivity contribution in [2.45, 2.75) is 38.3 Å². The molecule has 0 radical (unpaired) electrons. The number of rotatable bonds is 5. The van der Waals surface area contributed by atoms with Gasteiger partial charge in [-0.3, -0.25) is 0 Å². The first-order chi connectivity index (χ1) is 13.9. The van der Waals surface area contributed by atoms with Gasteiger partial charge in [0.05, 0.1) is 25.2 Å². The van der Waals surface area contributed by atoms with Crippen molar-refractivity contribution >= 4 is 29.1 Å². The second kappa shape index (κ2) is 9.44. The third-order valence-corrected chi connectivity index (χ3v) is 5.47. The highest BCUT2D eigenvalue weighted by Gasteiger charge is 2.33. The molecule has 1 aromatic rings. The normalized spacial score (nSPS) is 26.1. The van der Waals surface area contributed by atoms with Crippen LogP contribution in [0.4, 0.5) is 11.8 Å². The Labute approximate surface area is 175 Å². The molecular formula is C20H26ClN5O3. The molecule has 156 valence electrons. The highest BCUT2D eigenvalue weighted by atomic mass is 35.5. The zero-order valence-corrected chi connectivity index (χ0v) is 17.5. The number of aliphatic imine (C=N–C) groups is 1. The van der Waals surface area contributed by atoms with Gasteiger partial charge in [-0.25, -0.2) is 4.99 Å². The summed E-state index contributed by atoms with van der Waals surface area (Å²) in [5.74, 6) is 7.71. The van der Waals surface area contributed by atoms with E-state index >= 15 is 0 Å². The molecule has 0 saturated heterocycles. The van der Waals surface area contributed by atoms with E-state index in [1.54, 1.807) is 14.2 Å². The Bertz CT molecular complexity index is 877. The summed E-state index contributed by atoms with van der Waals surface area (Å²) in [6.45, 7) is 1.96. The molecule has 1 aromatic heterocycles. The molecule has 9 heteroatoms. The molecule has 0 bridgehead atoms. The van der Waals surface area contributed by atoms with Crippen molar-refractivity contribution in [3.05, 3.63) is 22.7 Å². The first kappa shape index (κ1) is 21.4. The molecule has 4 atom stereocenters. The van der Waals surface area contributed by atoms with Crippen molar-refractivity contribution in [2.75, 3.05) is 31.4 Å². The Morgan fingerprint density at radius 3 is 2.76 bits per heavy atom. The summed E-state index contributed by atoms with van der Waals surface area (Å²) in [5, 5.41) is 26.1. The number of hydrogen-bond donors (Lipinski definition) is 4. The fourth-order valence-electron chi connectivity index (χ4n) is 3.50. The van der Waals surface area contributed by atoms with Gasteiger partial charge >= 0.3 is 0 Å². The minimum atomic E-state index is -0.579. The van der Waals surface area contributed by atoms with E-state index in [1.165, 1.54) is 0 Å². The summed E-state index contributed by atoms with van der Waals surface area (Å²) in [5.41, 5.74) is 1.34. The number of halogens is 1. The fourth-order valence-corrected chi connectivity index (χ4v) is 3.71. The molecule has 4 N–H and O–H groups in total. The van der Waals surface area contributed by atoms with Crippen LogP contribution in [0.25, 0.3) is 0 Å². The Kier molecular flexibility index (Phi) is 6.96. The van der Waals surface area contributed by atoms with Gasteiger partial charge in [0.15, 0.2) is 5.15 Å². The van der Waals surface area contributed by atoms with Gasteiger partial charge in [0, 0.05) is 19.4 Å². The predicted octanol–water partition coefficient (Wildman–Crippen LogP) is 2.04. The molecule has 0 aromatic carbocycles. The van der Waals surface area contributed by atoms with Gasteiger partial charge in [-0.05, 0) is 38.2 Å². The summed E-state index contributed by atoms with van der Waals surface area (Å²) in [6, 6.07) is -0.242. The molecule has 1 fully saturated rings. The molecule has 0 amide bonds. The first-order valence-electron chi connectivity index (χ1n) is 9.56. The summed E-state index contributed by atoms with van der Waals surface area (Å²) in [7, 11) is 3.29. The maximum absolute atomic E-state index is 10.3. The van der Waals surface area contributed by atoms with Crippen LogP contribution in [0, 0.1) is 23.7 Å². The second-order valence-electron chi connectivity index (χ2n) is 7.21. The van der Waals surface area contributed by atoms with Crippen LogP contribution in [0.3, 0.4) is 0 Å². The summed E-state index contributed by atoms with van der Waals surface area (Å²) < 4.78 is 5.16. The van der Waals surface area contributed by atoms with Crippen molar-refractivity contribution in [3.8, 4) is 11.8 Å². The number of aliphatic hydroxyl groups is 2. The van der Waals surface area contributed by atoms with Crippen molar-refractivity contribution < 1.29 is 14.9 Å². The van der Waals surface area contributed by atoms with Crippen LogP contribution in [-0.4, -0.2) is 58.8 Å². The van der Waals surface area contributed by atoms with E-state index in [0.29, 0.717) is 42.5 Å². The Balaban J connectivity index is 1.88. The molecule has 0 spiro atoms. The lowest BCUT2D eigenvalue weighted by Gasteiger charge is -2.19. The molecule has 2 aliphatic rings. The monoisotopic (exact) mass is 419 g/mol. The van der Waals surface area contributed by atoms with E-state index in [9.17, 15) is 10.2 Å². The highest BCUT2D eigenvalue weighted by molar-refractivity contribution is 6.31. The largest absolute Gasteiger partial charge is 0.481 e. The Hall–Kier alpha value is -2.34. The van der Waals surface area contributed by atoms with Crippen molar-refractivity contribution in [3.63, 3.8) is 0 Å². The van der Waals surface area contributed by atoms with Gasteiger partial charge < -0.3 is 25.6 Å². The smallest absolute Gasteiger partial charge is 0.225 e. The zero-order valence-electron chi connectivity index (χ0n) is 16.7. The van der Waals surface area contributed by atoms with E-state index in [4.69, 9.17) is 16.3 Å². The van der Waals surface area contributed by atoms with Crippen LogP contribution >= 0.6 is 11.6 Å². The first-order valence-corrected chi connectivity index (χ1v) is 9.94. The molecule has 1 unspecified atom stereocenters. The van der Waals surface area contributed by atoms with Gasteiger partial charge in [-0.2, -0.15) is 9.97 Å². The highest BCUT2D eigenvalue weighted by Crippen LogP contribution is 2.30. The topological polar surface area (TPSA) is 112 Å². The molecule has 1 aliphatic heterocycles. The number of ether oxygens (including phenoxy) is 1. The lowest BCUT2D eigenvalue weighted by Crippen LogP contribution is -2.29. The average Bonchev–Trinajstić information content (AvgIpc) is 3.07.